The van der Waals surface area contributed by atoms with E-state index in [0.29, 0.717) is 16.7 Å². The zero-order valence-corrected chi connectivity index (χ0v) is 19.1. The number of methoxy groups -OCH3 is 2. The van der Waals surface area contributed by atoms with Gasteiger partial charge in [-0.05, 0) is 85.4 Å². The van der Waals surface area contributed by atoms with Crippen LogP contribution in [0.4, 0.5) is 5.69 Å². The van der Waals surface area contributed by atoms with Crippen LogP contribution in [0.1, 0.15) is 43.6 Å². The van der Waals surface area contributed by atoms with Crippen LogP contribution >= 0.6 is 11.6 Å². The third kappa shape index (κ3) is 3.79. The molecular weight excluding hydrogens is 424 g/mol. The summed E-state index contributed by atoms with van der Waals surface area (Å²) in [4.78, 5) is 17.4. The number of carbonyl (C=O) groups is 1. The van der Waals surface area contributed by atoms with Gasteiger partial charge in [0, 0.05) is 34.3 Å². The molecule has 1 N–H and O–H groups in total. The van der Waals surface area contributed by atoms with Crippen LogP contribution in [0.2, 0.25) is 5.02 Å². The molecular formula is C26H27ClN2O3. The summed E-state index contributed by atoms with van der Waals surface area (Å²) in [6.45, 7) is 0. The SMILES string of the molecule is COc1cc2nccc(C3CCC4(CC3)C[C@@H]4C(=O)Nc3ccc(Cl)cc3)c2cc1OC. The van der Waals surface area contributed by atoms with Crippen molar-refractivity contribution < 1.29 is 14.3 Å². The first-order chi connectivity index (χ1) is 15.5. The van der Waals surface area contributed by atoms with Gasteiger partial charge < -0.3 is 14.8 Å². The lowest BCUT2D eigenvalue weighted by atomic mass is 9.75. The van der Waals surface area contributed by atoms with Crippen molar-refractivity contribution in [2.45, 2.75) is 38.0 Å². The molecule has 1 amide bonds. The highest BCUT2D eigenvalue weighted by Crippen LogP contribution is 2.63. The maximum Gasteiger partial charge on any atom is 0.228 e. The van der Waals surface area contributed by atoms with Gasteiger partial charge in [-0.25, -0.2) is 0 Å². The van der Waals surface area contributed by atoms with Crippen LogP contribution in [0.5, 0.6) is 11.5 Å². The number of fused-ring (bicyclic) bond motifs is 1. The fourth-order valence-corrected chi connectivity index (χ4v) is 5.51. The zero-order valence-electron chi connectivity index (χ0n) is 18.4. The normalized spacial score (nSPS) is 24.3. The Hall–Kier alpha value is -2.79. The van der Waals surface area contributed by atoms with E-state index in [-0.39, 0.29) is 17.2 Å². The van der Waals surface area contributed by atoms with Crippen LogP contribution in [0, 0.1) is 11.3 Å². The Bertz CT molecular complexity index is 1150. The molecule has 0 aliphatic heterocycles. The molecule has 2 aliphatic carbocycles. The van der Waals surface area contributed by atoms with Gasteiger partial charge in [0.2, 0.25) is 5.91 Å². The molecule has 6 heteroatoms. The number of anilines is 1. The minimum Gasteiger partial charge on any atom is -0.493 e. The summed E-state index contributed by atoms with van der Waals surface area (Å²) in [5.74, 6) is 2.13. The number of hydrogen-bond acceptors (Lipinski definition) is 4. The van der Waals surface area contributed by atoms with Crippen molar-refractivity contribution in [1.82, 2.24) is 4.98 Å². The van der Waals surface area contributed by atoms with Crippen molar-refractivity contribution in [2.75, 3.05) is 19.5 Å². The molecule has 1 atom stereocenters. The maximum absolute atomic E-state index is 12.8. The smallest absolute Gasteiger partial charge is 0.228 e. The van der Waals surface area contributed by atoms with Crippen molar-refractivity contribution in [1.29, 1.82) is 0 Å². The van der Waals surface area contributed by atoms with Crippen molar-refractivity contribution in [2.24, 2.45) is 11.3 Å². The van der Waals surface area contributed by atoms with Crippen molar-refractivity contribution in [3.8, 4) is 11.5 Å². The highest BCUT2D eigenvalue weighted by atomic mass is 35.5. The highest BCUT2D eigenvalue weighted by molar-refractivity contribution is 6.30. The summed E-state index contributed by atoms with van der Waals surface area (Å²) in [7, 11) is 3.30. The summed E-state index contributed by atoms with van der Waals surface area (Å²) >= 11 is 5.94. The van der Waals surface area contributed by atoms with Gasteiger partial charge in [-0.15, -0.1) is 0 Å². The number of amides is 1. The Morgan fingerprint density at radius 2 is 1.75 bits per heavy atom. The molecule has 0 radical (unpaired) electrons. The van der Waals surface area contributed by atoms with E-state index in [4.69, 9.17) is 21.1 Å². The molecule has 0 unspecified atom stereocenters. The number of nitrogens with zero attached hydrogens (tertiary/aromatic N) is 1. The molecule has 2 aromatic carbocycles. The number of pyridine rings is 1. The predicted octanol–water partition coefficient (Wildman–Crippen LogP) is 6.21. The largest absolute Gasteiger partial charge is 0.493 e. The minimum absolute atomic E-state index is 0.109. The lowest BCUT2D eigenvalue weighted by Gasteiger charge is -2.30. The summed E-state index contributed by atoms with van der Waals surface area (Å²) < 4.78 is 11.0. The van der Waals surface area contributed by atoms with Gasteiger partial charge in [-0.2, -0.15) is 0 Å². The summed E-state index contributed by atoms with van der Waals surface area (Å²) in [5.41, 5.74) is 3.21. The lowest BCUT2D eigenvalue weighted by Crippen LogP contribution is -2.22. The average molecular weight is 451 g/mol. The molecule has 166 valence electrons. The second-order valence-corrected chi connectivity index (χ2v) is 9.45. The number of ether oxygens (including phenoxy) is 2. The van der Waals surface area contributed by atoms with Gasteiger partial charge in [-0.3, -0.25) is 9.78 Å². The number of nitrogens with one attached hydrogen (secondary N) is 1. The summed E-state index contributed by atoms with van der Waals surface area (Å²) in [5, 5.41) is 4.86. The molecule has 2 fully saturated rings. The lowest BCUT2D eigenvalue weighted by molar-refractivity contribution is -0.118. The van der Waals surface area contributed by atoms with Gasteiger partial charge in [0.25, 0.3) is 0 Å². The molecule has 5 rings (SSSR count). The molecule has 0 bridgehead atoms. The topological polar surface area (TPSA) is 60.5 Å². The van der Waals surface area contributed by atoms with Crippen LogP contribution in [0.3, 0.4) is 0 Å². The van der Waals surface area contributed by atoms with Crippen LogP contribution < -0.4 is 14.8 Å². The highest BCUT2D eigenvalue weighted by Gasteiger charge is 2.58. The predicted molar refractivity (Wildman–Crippen MR) is 127 cm³/mol. The van der Waals surface area contributed by atoms with E-state index in [9.17, 15) is 4.79 Å². The van der Waals surface area contributed by atoms with E-state index < -0.39 is 0 Å². The first-order valence-corrected chi connectivity index (χ1v) is 11.5. The monoisotopic (exact) mass is 450 g/mol. The van der Waals surface area contributed by atoms with Gasteiger partial charge in [0.1, 0.15) is 0 Å². The number of benzene rings is 2. The first-order valence-electron chi connectivity index (χ1n) is 11.1. The Labute approximate surface area is 193 Å². The summed E-state index contributed by atoms with van der Waals surface area (Å²) in [6, 6.07) is 13.4. The Kier molecular flexibility index (Phi) is 5.46. The van der Waals surface area contributed by atoms with Gasteiger partial charge in [0.05, 0.1) is 19.7 Å². The van der Waals surface area contributed by atoms with Gasteiger partial charge in [0.15, 0.2) is 11.5 Å². The van der Waals surface area contributed by atoms with E-state index in [1.165, 1.54) is 5.56 Å². The molecule has 2 saturated carbocycles. The van der Waals surface area contributed by atoms with Gasteiger partial charge >= 0.3 is 0 Å². The van der Waals surface area contributed by atoms with Crippen LogP contribution in [0.15, 0.2) is 48.7 Å². The minimum atomic E-state index is 0.109. The Morgan fingerprint density at radius 1 is 1.06 bits per heavy atom. The van der Waals surface area contributed by atoms with Crippen LogP contribution in [0.25, 0.3) is 10.9 Å². The van der Waals surface area contributed by atoms with Crippen LogP contribution in [-0.4, -0.2) is 25.1 Å². The number of rotatable bonds is 5. The third-order valence-electron chi connectivity index (χ3n) is 7.32. The molecule has 2 aliphatic rings. The van der Waals surface area contributed by atoms with Crippen LogP contribution in [-0.2, 0) is 4.79 Å². The van der Waals surface area contributed by atoms with E-state index in [0.717, 1.165) is 54.4 Å². The molecule has 0 saturated heterocycles. The fraction of sp³-hybridized carbons (Fsp3) is 0.385. The Balaban J connectivity index is 1.29. The fourth-order valence-electron chi connectivity index (χ4n) is 5.39. The molecule has 1 heterocycles. The van der Waals surface area contributed by atoms with E-state index in [2.05, 4.69) is 16.4 Å². The average Bonchev–Trinajstić information content (AvgIpc) is 3.53. The molecule has 32 heavy (non-hydrogen) atoms. The number of halogens is 1. The number of hydrogen-bond donors (Lipinski definition) is 1. The number of carbonyl (C=O) groups excluding carboxylic acids is 1. The standard InChI is InChI=1S/C26H27ClN2O3/c1-31-23-13-20-19(9-12-28-22(20)14-24(23)32-2)16-7-10-26(11-8-16)15-21(26)25(30)29-18-5-3-17(27)4-6-18/h3-6,9,12-14,16,21H,7-8,10-11,15H2,1-2H3,(H,29,30)/t16?,21-,26?/m1/s1. The van der Waals surface area contributed by atoms with Crippen molar-refractivity contribution in [3.63, 3.8) is 0 Å². The van der Waals surface area contributed by atoms with E-state index in [1.54, 1.807) is 26.4 Å². The molecule has 1 aromatic heterocycles. The summed E-state index contributed by atoms with van der Waals surface area (Å²) in [6.07, 6.45) is 7.19. The molecule has 5 nitrogen and oxygen atoms in total. The molecule has 3 aromatic rings. The van der Waals surface area contributed by atoms with Crippen molar-refractivity contribution in [3.05, 3.63) is 59.2 Å². The quantitative estimate of drug-likeness (QED) is 0.502. The van der Waals surface area contributed by atoms with Gasteiger partial charge in [-0.1, -0.05) is 11.6 Å². The Morgan fingerprint density at radius 3 is 2.44 bits per heavy atom. The molecule has 1 spiro atoms. The maximum atomic E-state index is 12.8. The third-order valence-corrected chi connectivity index (χ3v) is 7.57. The second-order valence-electron chi connectivity index (χ2n) is 9.01. The first kappa shape index (κ1) is 21.1. The second kappa shape index (κ2) is 8.28. The zero-order chi connectivity index (χ0) is 22.3. The van der Waals surface area contributed by atoms with E-state index in [1.807, 2.05) is 30.5 Å². The number of aromatic nitrogens is 1. The van der Waals surface area contributed by atoms with Crippen molar-refractivity contribution >= 4 is 34.1 Å². The van der Waals surface area contributed by atoms with E-state index >= 15 is 0 Å².